The van der Waals surface area contributed by atoms with Crippen molar-refractivity contribution in [1.29, 1.82) is 0 Å². The summed E-state index contributed by atoms with van der Waals surface area (Å²) in [4.78, 5) is 0. The Balaban J connectivity index is 2.12. The fourth-order valence-corrected chi connectivity index (χ4v) is 3.04. The summed E-state index contributed by atoms with van der Waals surface area (Å²) in [5.74, 6) is 0. The number of allylic oxidation sites excluding steroid dienone is 1. The molecule has 0 bridgehead atoms. The Bertz CT molecular complexity index is 586. The fourth-order valence-electron chi connectivity index (χ4n) is 3.04. The summed E-state index contributed by atoms with van der Waals surface area (Å²) in [5, 5.41) is 3.29. The van der Waals surface area contributed by atoms with Gasteiger partial charge in [-0.2, -0.15) is 0 Å². The zero-order chi connectivity index (χ0) is 13.1. The predicted octanol–water partition coefficient (Wildman–Crippen LogP) is 3.61. The van der Waals surface area contributed by atoms with E-state index in [0.29, 0.717) is 0 Å². The van der Waals surface area contributed by atoms with Gasteiger partial charge in [-0.15, -0.1) is 0 Å². The van der Waals surface area contributed by atoms with Gasteiger partial charge in [0.25, 0.3) is 0 Å². The maximum atomic E-state index is 3.29. The quantitative estimate of drug-likeness (QED) is 0.873. The first kappa shape index (κ1) is 12.2. The van der Waals surface area contributed by atoms with Crippen molar-refractivity contribution in [3.05, 3.63) is 77.4 Å². The molecule has 0 radical (unpaired) electrons. The molecule has 1 aliphatic carbocycles. The van der Waals surface area contributed by atoms with E-state index in [1.807, 2.05) is 7.05 Å². The van der Waals surface area contributed by atoms with Crippen LogP contribution in [-0.4, -0.2) is 13.6 Å². The number of benzene rings is 2. The monoisotopic (exact) mass is 249 g/mol. The minimum atomic E-state index is 0.0286. The van der Waals surface area contributed by atoms with Crippen LogP contribution in [0.25, 0.3) is 6.08 Å². The molecule has 1 atom stereocenters. The molecule has 0 amide bonds. The van der Waals surface area contributed by atoms with Crippen LogP contribution in [0.4, 0.5) is 0 Å². The predicted molar refractivity (Wildman–Crippen MR) is 81.2 cm³/mol. The lowest BCUT2D eigenvalue weighted by molar-refractivity contribution is 0.564. The molecule has 0 fully saturated rings. The first-order valence-electron chi connectivity index (χ1n) is 6.86. The first-order valence-corrected chi connectivity index (χ1v) is 6.86. The van der Waals surface area contributed by atoms with Gasteiger partial charge in [-0.3, -0.25) is 0 Å². The van der Waals surface area contributed by atoms with Crippen molar-refractivity contribution < 1.29 is 0 Å². The molecule has 0 aliphatic heterocycles. The number of fused-ring (bicyclic) bond motifs is 1. The second-order valence-corrected chi connectivity index (χ2v) is 5.11. The molecule has 2 aromatic carbocycles. The van der Waals surface area contributed by atoms with Crippen LogP contribution in [0.5, 0.6) is 0 Å². The minimum absolute atomic E-state index is 0.0286. The molecule has 0 aromatic heterocycles. The Morgan fingerprint density at radius 1 is 0.947 bits per heavy atom. The normalized spacial score (nSPS) is 20.5. The molecular weight excluding hydrogens is 230 g/mol. The van der Waals surface area contributed by atoms with Crippen molar-refractivity contribution in [3.8, 4) is 0 Å². The Morgan fingerprint density at radius 3 is 2.47 bits per heavy atom. The highest BCUT2D eigenvalue weighted by Crippen LogP contribution is 2.43. The molecule has 19 heavy (non-hydrogen) atoms. The minimum Gasteiger partial charge on any atom is -0.320 e. The Hall–Kier alpha value is -1.86. The molecule has 3 rings (SSSR count). The summed E-state index contributed by atoms with van der Waals surface area (Å²) in [5.41, 5.74) is 4.19. The second kappa shape index (κ2) is 5.02. The van der Waals surface area contributed by atoms with Crippen molar-refractivity contribution in [3.63, 3.8) is 0 Å². The molecule has 0 spiro atoms. The van der Waals surface area contributed by atoms with E-state index in [4.69, 9.17) is 0 Å². The summed E-state index contributed by atoms with van der Waals surface area (Å²) >= 11 is 0. The first-order chi connectivity index (χ1) is 9.37. The molecule has 0 heterocycles. The molecule has 1 aliphatic rings. The van der Waals surface area contributed by atoms with Crippen LogP contribution in [0.3, 0.4) is 0 Å². The summed E-state index contributed by atoms with van der Waals surface area (Å²) < 4.78 is 0. The molecule has 1 nitrogen and oxygen atoms in total. The van der Waals surface area contributed by atoms with Gasteiger partial charge in [0, 0.05) is 5.41 Å². The largest absolute Gasteiger partial charge is 0.320 e. The van der Waals surface area contributed by atoms with Crippen LogP contribution in [0.1, 0.15) is 23.1 Å². The van der Waals surface area contributed by atoms with Gasteiger partial charge in [0.15, 0.2) is 0 Å². The molecule has 2 aromatic rings. The molecule has 0 saturated carbocycles. The third-order valence-electron chi connectivity index (χ3n) is 4.05. The third-order valence-corrected chi connectivity index (χ3v) is 4.05. The van der Waals surface area contributed by atoms with E-state index in [9.17, 15) is 0 Å². The number of nitrogens with one attached hydrogen (secondary N) is 1. The van der Waals surface area contributed by atoms with E-state index in [-0.39, 0.29) is 5.41 Å². The summed E-state index contributed by atoms with van der Waals surface area (Å²) in [6.07, 6.45) is 5.71. The van der Waals surface area contributed by atoms with E-state index in [2.05, 4.69) is 72.1 Å². The highest BCUT2D eigenvalue weighted by atomic mass is 14.8. The zero-order valence-corrected chi connectivity index (χ0v) is 11.3. The van der Waals surface area contributed by atoms with Crippen LogP contribution < -0.4 is 5.32 Å². The molecule has 0 saturated heterocycles. The standard InChI is InChI=1S/C18H19N/c1-19-14-13-18(16-8-3-2-4-9-16)12-11-15-7-5-6-10-17(15)18/h2-12,19H,13-14H2,1H3/t18-/m0/s1. The van der Waals surface area contributed by atoms with Gasteiger partial charge >= 0.3 is 0 Å². The summed E-state index contributed by atoms with van der Waals surface area (Å²) in [6, 6.07) is 19.5. The van der Waals surface area contributed by atoms with Gasteiger partial charge in [-0.1, -0.05) is 66.7 Å². The zero-order valence-electron chi connectivity index (χ0n) is 11.3. The van der Waals surface area contributed by atoms with E-state index in [0.717, 1.165) is 13.0 Å². The van der Waals surface area contributed by atoms with Crippen LogP contribution >= 0.6 is 0 Å². The molecule has 1 N–H and O–H groups in total. The molecule has 0 unspecified atom stereocenters. The average Bonchev–Trinajstić information content (AvgIpc) is 2.86. The molecular formula is C18H19N. The van der Waals surface area contributed by atoms with Crippen LogP contribution in [0.15, 0.2) is 60.7 Å². The highest BCUT2D eigenvalue weighted by Gasteiger charge is 2.35. The van der Waals surface area contributed by atoms with Crippen molar-refractivity contribution in [2.45, 2.75) is 11.8 Å². The third kappa shape index (κ3) is 2.00. The lowest BCUT2D eigenvalue weighted by Gasteiger charge is -2.30. The van der Waals surface area contributed by atoms with E-state index >= 15 is 0 Å². The van der Waals surface area contributed by atoms with Crippen molar-refractivity contribution in [2.24, 2.45) is 0 Å². The average molecular weight is 249 g/mol. The van der Waals surface area contributed by atoms with Gasteiger partial charge in [0.2, 0.25) is 0 Å². The maximum absolute atomic E-state index is 3.29. The smallest absolute Gasteiger partial charge is 0.0403 e. The van der Waals surface area contributed by atoms with E-state index < -0.39 is 0 Å². The van der Waals surface area contributed by atoms with Crippen molar-refractivity contribution in [2.75, 3.05) is 13.6 Å². The molecule has 96 valence electrons. The number of rotatable bonds is 4. The fraction of sp³-hybridized carbons (Fsp3) is 0.222. The van der Waals surface area contributed by atoms with Gasteiger partial charge in [-0.25, -0.2) is 0 Å². The maximum Gasteiger partial charge on any atom is 0.0403 e. The molecule has 1 heteroatoms. The Kier molecular flexibility index (Phi) is 3.22. The topological polar surface area (TPSA) is 12.0 Å². The summed E-state index contributed by atoms with van der Waals surface area (Å²) in [7, 11) is 2.02. The van der Waals surface area contributed by atoms with Crippen molar-refractivity contribution >= 4 is 6.08 Å². The number of hydrogen-bond acceptors (Lipinski definition) is 1. The highest BCUT2D eigenvalue weighted by molar-refractivity contribution is 5.68. The van der Waals surface area contributed by atoms with Crippen LogP contribution in [-0.2, 0) is 5.41 Å². The Morgan fingerprint density at radius 2 is 1.68 bits per heavy atom. The van der Waals surface area contributed by atoms with Crippen LogP contribution in [0.2, 0.25) is 0 Å². The van der Waals surface area contributed by atoms with Crippen LogP contribution in [0, 0.1) is 0 Å². The van der Waals surface area contributed by atoms with Gasteiger partial charge in [0.05, 0.1) is 0 Å². The van der Waals surface area contributed by atoms with E-state index in [1.165, 1.54) is 16.7 Å². The van der Waals surface area contributed by atoms with Crippen molar-refractivity contribution in [1.82, 2.24) is 5.32 Å². The van der Waals surface area contributed by atoms with Gasteiger partial charge in [-0.05, 0) is 36.7 Å². The van der Waals surface area contributed by atoms with Gasteiger partial charge < -0.3 is 5.32 Å². The van der Waals surface area contributed by atoms with Gasteiger partial charge in [0.1, 0.15) is 0 Å². The number of hydrogen-bond donors (Lipinski definition) is 1. The SMILES string of the molecule is CNCC[C@]1(c2ccccc2)C=Cc2ccccc21. The Labute approximate surface area is 115 Å². The summed E-state index contributed by atoms with van der Waals surface area (Å²) in [6.45, 7) is 1.01. The van der Waals surface area contributed by atoms with E-state index in [1.54, 1.807) is 0 Å². The lowest BCUT2D eigenvalue weighted by atomic mass is 9.74. The second-order valence-electron chi connectivity index (χ2n) is 5.11. The lowest BCUT2D eigenvalue weighted by Crippen LogP contribution is -2.28.